The van der Waals surface area contributed by atoms with E-state index in [1.165, 1.54) is 12.8 Å². The fraction of sp³-hybridized carbons (Fsp3) is 0.533. The standard InChI is InChI=1S/C15H22N2O3/c1-19-13-4-5-14(12(8-13)6-7-16)20-10-15(18)17-9-11-2-3-11/h4-5,8,11H,2-3,6-7,9-10,16H2,1H3,(H,17,18). The monoisotopic (exact) mass is 278 g/mol. The summed E-state index contributed by atoms with van der Waals surface area (Å²) in [4.78, 5) is 11.7. The molecule has 1 amide bonds. The van der Waals surface area contributed by atoms with E-state index in [4.69, 9.17) is 15.2 Å². The van der Waals surface area contributed by atoms with E-state index in [0.717, 1.165) is 17.9 Å². The summed E-state index contributed by atoms with van der Waals surface area (Å²) >= 11 is 0. The number of nitrogens with one attached hydrogen (secondary N) is 1. The van der Waals surface area contributed by atoms with Gasteiger partial charge in [0.15, 0.2) is 6.61 Å². The number of ether oxygens (including phenoxy) is 2. The van der Waals surface area contributed by atoms with Crippen LogP contribution in [-0.2, 0) is 11.2 Å². The molecule has 0 heterocycles. The van der Waals surface area contributed by atoms with Gasteiger partial charge in [0.1, 0.15) is 11.5 Å². The molecule has 3 N–H and O–H groups in total. The van der Waals surface area contributed by atoms with Gasteiger partial charge in [0.2, 0.25) is 0 Å². The Labute approximate surface area is 119 Å². The lowest BCUT2D eigenvalue weighted by Gasteiger charge is -2.12. The SMILES string of the molecule is COc1ccc(OCC(=O)NCC2CC2)c(CCN)c1. The Morgan fingerprint density at radius 2 is 2.25 bits per heavy atom. The number of rotatable bonds is 8. The lowest BCUT2D eigenvalue weighted by Crippen LogP contribution is -2.30. The third kappa shape index (κ3) is 4.42. The van der Waals surface area contributed by atoms with Gasteiger partial charge in [-0.05, 0) is 55.5 Å². The topological polar surface area (TPSA) is 73.6 Å². The summed E-state index contributed by atoms with van der Waals surface area (Å²) in [5.74, 6) is 2.05. The van der Waals surface area contributed by atoms with Crippen LogP contribution < -0.4 is 20.5 Å². The minimum absolute atomic E-state index is 0.0383. The number of amides is 1. The Bertz CT molecular complexity index is 458. The summed E-state index contributed by atoms with van der Waals surface area (Å²) in [6.07, 6.45) is 3.14. The highest BCUT2D eigenvalue weighted by molar-refractivity contribution is 5.77. The Kier molecular flexibility index (Phi) is 5.24. The average Bonchev–Trinajstić information content (AvgIpc) is 3.28. The average molecular weight is 278 g/mol. The lowest BCUT2D eigenvalue weighted by atomic mass is 10.1. The maximum Gasteiger partial charge on any atom is 0.257 e. The van der Waals surface area contributed by atoms with Crippen molar-refractivity contribution in [2.24, 2.45) is 11.7 Å². The zero-order chi connectivity index (χ0) is 14.4. The van der Waals surface area contributed by atoms with Crippen molar-refractivity contribution in [3.05, 3.63) is 23.8 Å². The number of hydrogen-bond donors (Lipinski definition) is 2. The highest BCUT2D eigenvalue weighted by Crippen LogP contribution is 2.27. The second-order valence-corrected chi connectivity index (χ2v) is 5.05. The van der Waals surface area contributed by atoms with Gasteiger partial charge in [-0.2, -0.15) is 0 Å². The van der Waals surface area contributed by atoms with Gasteiger partial charge >= 0.3 is 0 Å². The van der Waals surface area contributed by atoms with Crippen LogP contribution in [0.2, 0.25) is 0 Å². The zero-order valence-electron chi connectivity index (χ0n) is 11.9. The molecule has 0 radical (unpaired) electrons. The van der Waals surface area contributed by atoms with Gasteiger partial charge in [-0.15, -0.1) is 0 Å². The molecule has 0 atom stereocenters. The first-order valence-electron chi connectivity index (χ1n) is 6.99. The minimum atomic E-state index is -0.0774. The fourth-order valence-corrected chi connectivity index (χ4v) is 1.95. The highest BCUT2D eigenvalue weighted by atomic mass is 16.5. The van der Waals surface area contributed by atoms with Crippen molar-refractivity contribution in [1.82, 2.24) is 5.32 Å². The molecule has 2 rings (SSSR count). The Morgan fingerprint density at radius 1 is 1.45 bits per heavy atom. The summed E-state index contributed by atoms with van der Waals surface area (Å²) in [5, 5.41) is 2.88. The van der Waals surface area contributed by atoms with Crippen LogP contribution in [0.3, 0.4) is 0 Å². The largest absolute Gasteiger partial charge is 0.497 e. The Hall–Kier alpha value is -1.75. The molecule has 0 unspecified atom stereocenters. The van der Waals surface area contributed by atoms with E-state index >= 15 is 0 Å². The quantitative estimate of drug-likeness (QED) is 0.747. The maximum absolute atomic E-state index is 11.7. The van der Waals surface area contributed by atoms with Crippen molar-refractivity contribution < 1.29 is 14.3 Å². The van der Waals surface area contributed by atoms with Gasteiger partial charge in [0.25, 0.3) is 5.91 Å². The van der Waals surface area contributed by atoms with Gasteiger partial charge in [-0.25, -0.2) is 0 Å². The van der Waals surface area contributed by atoms with Crippen LogP contribution in [0.25, 0.3) is 0 Å². The van der Waals surface area contributed by atoms with Gasteiger partial charge in [0.05, 0.1) is 7.11 Å². The van der Waals surface area contributed by atoms with Crippen LogP contribution in [0.1, 0.15) is 18.4 Å². The van der Waals surface area contributed by atoms with Crippen LogP contribution >= 0.6 is 0 Å². The molecule has 5 nitrogen and oxygen atoms in total. The molecule has 1 aliphatic rings. The van der Waals surface area contributed by atoms with Gasteiger partial charge in [0, 0.05) is 6.54 Å². The molecule has 1 fully saturated rings. The van der Waals surface area contributed by atoms with Crippen molar-refractivity contribution in [2.75, 3.05) is 26.8 Å². The summed E-state index contributed by atoms with van der Waals surface area (Å²) in [7, 11) is 1.62. The van der Waals surface area contributed by atoms with Gasteiger partial charge < -0.3 is 20.5 Å². The van der Waals surface area contributed by atoms with Crippen molar-refractivity contribution in [2.45, 2.75) is 19.3 Å². The number of methoxy groups -OCH3 is 1. The minimum Gasteiger partial charge on any atom is -0.497 e. The molecule has 1 aromatic carbocycles. The van der Waals surface area contributed by atoms with Gasteiger partial charge in [-0.1, -0.05) is 0 Å². The van der Waals surface area contributed by atoms with Gasteiger partial charge in [-0.3, -0.25) is 4.79 Å². The summed E-state index contributed by atoms with van der Waals surface area (Å²) in [6, 6.07) is 5.53. The molecule has 0 bridgehead atoms. The van der Waals surface area contributed by atoms with Crippen LogP contribution in [0.4, 0.5) is 0 Å². The first-order valence-corrected chi connectivity index (χ1v) is 6.99. The molecule has 0 aromatic heterocycles. The number of carbonyl (C=O) groups excluding carboxylic acids is 1. The van der Waals surface area contributed by atoms with Crippen LogP contribution in [0.15, 0.2) is 18.2 Å². The van der Waals surface area contributed by atoms with Crippen LogP contribution in [-0.4, -0.2) is 32.7 Å². The zero-order valence-corrected chi connectivity index (χ0v) is 11.9. The van der Waals surface area contributed by atoms with Crippen molar-refractivity contribution in [3.8, 4) is 11.5 Å². The summed E-state index contributed by atoms with van der Waals surface area (Å²) in [6.45, 7) is 1.33. The molecular weight excluding hydrogens is 256 g/mol. The normalized spacial score (nSPS) is 13.9. The number of carbonyl (C=O) groups is 1. The first-order chi connectivity index (χ1) is 9.72. The molecule has 0 aliphatic heterocycles. The van der Waals surface area contributed by atoms with E-state index in [2.05, 4.69) is 5.32 Å². The second-order valence-electron chi connectivity index (χ2n) is 5.05. The highest BCUT2D eigenvalue weighted by Gasteiger charge is 2.21. The molecule has 1 saturated carbocycles. The molecule has 1 aliphatic carbocycles. The summed E-state index contributed by atoms with van der Waals surface area (Å²) < 4.78 is 10.8. The third-order valence-electron chi connectivity index (χ3n) is 3.32. The lowest BCUT2D eigenvalue weighted by molar-refractivity contribution is -0.123. The van der Waals surface area contributed by atoms with E-state index in [1.54, 1.807) is 7.11 Å². The molecule has 0 spiro atoms. The summed E-state index contributed by atoms with van der Waals surface area (Å²) in [5.41, 5.74) is 6.55. The number of benzene rings is 1. The maximum atomic E-state index is 11.7. The molecule has 1 aromatic rings. The molecule has 20 heavy (non-hydrogen) atoms. The van der Waals surface area contributed by atoms with Crippen LogP contribution in [0, 0.1) is 5.92 Å². The Morgan fingerprint density at radius 3 is 2.90 bits per heavy atom. The van der Waals surface area contributed by atoms with E-state index in [-0.39, 0.29) is 12.5 Å². The fourth-order valence-electron chi connectivity index (χ4n) is 1.95. The van der Waals surface area contributed by atoms with E-state index in [0.29, 0.717) is 24.6 Å². The van der Waals surface area contributed by atoms with E-state index < -0.39 is 0 Å². The number of hydrogen-bond acceptors (Lipinski definition) is 4. The Balaban J connectivity index is 1.87. The van der Waals surface area contributed by atoms with Crippen molar-refractivity contribution in [3.63, 3.8) is 0 Å². The van der Waals surface area contributed by atoms with E-state index in [9.17, 15) is 4.79 Å². The molecule has 110 valence electrons. The predicted molar refractivity (Wildman–Crippen MR) is 77.0 cm³/mol. The second kappa shape index (κ2) is 7.14. The predicted octanol–water partition coefficient (Wildman–Crippen LogP) is 1.10. The van der Waals surface area contributed by atoms with Crippen molar-refractivity contribution >= 4 is 5.91 Å². The van der Waals surface area contributed by atoms with E-state index in [1.807, 2.05) is 18.2 Å². The first kappa shape index (κ1) is 14.7. The molecule has 5 heteroatoms. The third-order valence-corrected chi connectivity index (χ3v) is 3.32. The van der Waals surface area contributed by atoms with Crippen LogP contribution in [0.5, 0.6) is 11.5 Å². The smallest absolute Gasteiger partial charge is 0.257 e. The molecule has 0 saturated heterocycles. The molecular formula is C15H22N2O3. The van der Waals surface area contributed by atoms with Crippen molar-refractivity contribution in [1.29, 1.82) is 0 Å². The number of nitrogens with two attached hydrogens (primary N) is 1.